The van der Waals surface area contributed by atoms with Gasteiger partial charge >= 0.3 is 0 Å². The summed E-state index contributed by atoms with van der Waals surface area (Å²) in [6, 6.07) is 4.39. The van der Waals surface area contributed by atoms with E-state index in [1.807, 2.05) is 17.8 Å². The largest absolute Gasteiger partial charge is 0.468 e. The van der Waals surface area contributed by atoms with Crippen LogP contribution in [0.5, 0.6) is 0 Å². The summed E-state index contributed by atoms with van der Waals surface area (Å²) < 4.78 is 7.69. The Labute approximate surface area is 162 Å². The average molecular weight is 382 g/mol. The van der Waals surface area contributed by atoms with E-state index in [-0.39, 0.29) is 12.4 Å². The molecule has 0 amide bonds. The molecule has 6 nitrogen and oxygen atoms in total. The molecule has 146 valence electrons. The number of hydrogen-bond donors (Lipinski definition) is 1. The van der Waals surface area contributed by atoms with Gasteiger partial charge < -0.3 is 14.6 Å². The molecule has 0 bridgehead atoms. The van der Waals surface area contributed by atoms with Gasteiger partial charge in [0.05, 0.1) is 18.0 Å². The first-order valence-electron chi connectivity index (χ1n) is 9.26. The van der Waals surface area contributed by atoms with Gasteiger partial charge in [0.15, 0.2) is 0 Å². The molecule has 2 aromatic rings. The summed E-state index contributed by atoms with van der Waals surface area (Å²) in [5.74, 6) is 2.22. The van der Waals surface area contributed by atoms with Crippen LogP contribution in [0, 0.1) is 6.92 Å². The van der Waals surface area contributed by atoms with Crippen LogP contribution in [0.2, 0.25) is 0 Å². The van der Waals surface area contributed by atoms with Crippen molar-refractivity contribution in [1.29, 1.82) is 0 Å². The van der Waals surface area contributed by atoms with Crippen molar-refractivity contribution >= 4 is 18.2 Å². The molecule has 0 aliphatic carbocycles. The molecule has 0 saturated carbocycles. The Kier molecular flexibility index (Phi) is 7.55. The highest BCUT2D eigenvalue weighted by atomic mass is 35.5. The van der Waals surface area contributed by atoms with E-state index in [0.29, 0.717) is 6.04 Å². The summed E-state index contributed by atoms with van der Waals surface area (Å²) >= 11 is 0. The summed E-state index contributed by atoms with van der Waals surface area (Å²) in [7, 11) is 6.14. The minimum atomic E-state index is 0. The van der Waals surface area contributed by atoms with Crippen molar-refractivity contribution in [3.05, 3.63) is 35.4 Å². The zero-order valence-electron chi connectivity index (χ0n) is 16.4. The Morgan fingerprint density at radius 3 is 2.62 bits per heavy atom. The van der Waals surface area contributed by atoms with Gasteiger partial charge in [0.1, 0.15) is 11.6 Å². The standard InChI is InChI=1S/C19H31N5O.ClH/c1-15-16(19(22(2)3)23(4)21-15)13-20-14-17(18-9-8-12-25-18)24-10-6-5-7-11-24;/h8-9,12,17,20H,5-7,10-11,13-14H2,1-4H3;1H. The van der Waals surface area contributed by atoms with Crippen LogP contribution in [-0.4, -0.2) is 48.4 Å². The topological polar surface area (TPSA) is 49.5 Å². The molecule has 0 radical (unpaired) electrons. The predicted octanol–water partition coefficient (Wildman–Crippen LogP) is 3.13. The van der Waals surface area contributed by atoms with E-state index >= 15 is 0 Å². The number of furan rings is 1. The van der Waals surface area contributed by atoms with Crippen LogP contribution in [0.1, 0.15) is 42.3 Å². The number of rotatable bonds is 7. The molecule has 26 heavy (non-hydrogen) atoms. The van der Waals surface area contributed by atoms with Gasteiger partial charge in [-0.15, -0.1) is 12.4 Å². The van der Waals surface area contributed by atoms with E-state index in [9.17, 15) is 0 Å². The minimum absolute atomic E-state index is 0. The number of hydrogen-bond acceptors (Lipinski definition) is 5. The lowest BCUT2D eigenvalue weighted by Gasteiger charge is -2.33. The molecule has 1 saturated heterocycles. The van der Waals surface area contributed by atoms with Crippen LogP contribution in [0.3, 0.4) is 0 Å². The molecule has 0 aromatic carbocycles. The maximum Gasteiger partial charge on any atom is 0.130 e. The van der Waals surface area contributed by atoms with Crippen LogP contribution in [-0.2, 0) is 13.6 Å². The lowest BCUT2D eigenvalue weighted by molar-refractivity contribution is 0.142. The van der Waals surface area contributed by atoms with Gasteiger partial charge in [-0.25, -0.2) is 0 Å². The highest BCUT2D eigenvalue weighted by Gasteiger charge is 2.24. The molecule has 3 heterocycles. The predicted molar refractivity (Wildman–Crippen MR) is 108 cm³/mol. The Morgan fingerprint density at radius 2 is 2.00 bits per heavy atom. The molecule has 1 fully saturated rings. The van der Waals surface area contributed by atoms with Gasteiger partial charge in [-0.2, -0.15) is 5.10 Å². The van der Waals surface area contributed by atoms with Crippen molar-refractivity contribution in [1.82, 2.24) is 20.0 Å². The smallest absolute Gasteiger partial charge is 0.130 e. The second-order valence-electron chi connectivity index (χ2n) is 7.16. The number of nitrogens with one attached hydrogen (secondary N) is 1. The monoisotopic (exact) mass is 381 g/mol. The van der Waals surface area contributed by atoms with Crippen LogP contribution < -0.4 is 10.2 Å². The second-order valence-corrected chi connectivity index (χ2v) is 7.16. The van der Waals surface area contributed by atoms with Crippen molar-refractivity contribution in [3.63, 3.8) is 0 Å². The van der Waals surface area contributed by atoms with Gasteiger partial charge in [0, 0.05) is 39.8 Å². The third-order valence-corrected chi connectivity index (χ3v) is 5.08. The number of halogens is 1. The molecule has 1 N–H and O–H groups in total. The van der Waals surface area contributed by atoms with Gasteiger partial charge in [-0.05, 0) is 45.0 Å². The Bertz CT molecular complexity index is 662. The number of anilines is 1. The Hall–Kier alpha value is -1.50. The maximum atomic E-state index is 5.74. The summed E-state index contributed by atoms with van der Waals surface area (Å²) in [4.78, 5) is 4.68. The molecule has 3 rings (SSSR count). The zero-order chi connectivity index (χ0) is 17.8. The number of aromatic nitrogens is 2. The fourth-order valence-corrected chi connectivity index (χ4v) is 3.91. The lowest BCUT2D eigenvalue weighted by atomic mass is 10.1. The summed E-state index contributed by atoms with van der Waals surface area (Å²) in [5.41, 5.74) is 2.36. The minimum Gasteiger partial charge on any atom is -0.468 e. The zero-order valence-corrected chi connectivity index (χ0v) is 17.2. The molecular weight excluding hydrogens is 350 g/mol. The Balaban J connectivity index is 0.00000243. The summed E-state index contributed by atoms with van der Waals surface area (Å²) in [6.07, 6.45) is 5.69. The van der Waals surface area contributed by atoms with Crippen molar-refractivity contribution < 1.29 is 4.42 Å². The van der Waals surface area contributed by atoms with Crippen LogP contribution in [0.25, 0.3) is 0 Å². The van der Waals surface area contributed by atoms with Gasteiger partial charge in [0.2, 0.25) is 0 Å². The first-order chi connectivity index (χ1) is 12.1. The molecule has 1 unspecified atom stereocenters. The Morgan fingerprint density at radius 1 is 1.27 bits per heavy atom. The molecule has 2 aromatic heterocycles. The number of piperidine rings is 1. The maximum absolute atomic E-state index is 5.74. The number of nitrogens with zero attached hydrogens (tertiary/aromatic N) is 4. The lowest BCUT2D eigenvalue weighted by Crippen LogP contribution is -2.39. The van der Waals surface area contributed by atoms with E-state index < -0.39 is 0 Å². The highest BCUT2D eigenvalue weighted by molar-refractivity contribution is 5.85. The summed E-state index contributed by atoms with van der Waals surface area (Å²) in [5, 5.41) is 8.23. The second kappa shape index (κ2) is 9.44. The summed E-state index contributed by atoms with van der Waals surface area (Å²) in [6.45, 7) is 6.09. The first kappa shape index (κ1) is 20.8. The quantitative estimate of drug-likeness (QED) is 0.798. The molecule has 1 aliphatic rings. The van der Waals surface area contributed by atoms with Crippen LogP contribution >= 0.6 is 12.4 Å². The third kappa shape index (κ3) is 4.61. The SMILES string of the molecule is Cc1nn(C)c(N(C)C)c1CNCC(c1ccco1)N1CCCCC1.Cl. The van der Waals surface area contributed by atoms with Crippen LogP contribution in [0.4, 0.5) is 5.82 Å². The molecular formula is C19H32ClN5O. The molecule has 1 aliphatic heterocycles. The van der Waals surface area contributed by atoms with Crippen molar-refractivity contribution in [2.24, 2.45) is 7.05 Å². The van der Waals surface area contributed by atoms with Gasteiger partial charge in [-0.3, -0.25) is 9.58 Å². The van der Waals surface area contributed by atoms with E-state index in [0.717, 1.165) is 43.5 Å². The van der Waals surface area contributed by atoms with E-state index in [1.165, 1.54) is 24.8 Å². The molecule has 1 atom stereocenters. The van der Waals surface area contributed by atoms with E-state index in [1.54, 1.807) is 6.26 Å². The average Bonchev–Trinajstić information content (AvgIpc) is 3.20. The van der Waals surface area contributed by atoms with Gasteiger partial charge in [-0.1, -0.05) is 6.42 Å². The van der Waals surface area contributed by atoms with Crippen molar-refractivity contribution in [2.45, 2.75) is 38.8 Å². The highest BCUT2D eigenvalue weighted by Crippen LogP contribution is 2.25. The van der Waals surface area contributed by atoms with Crippen molar-refractivity contribution in [3.8, 4) is 0 Å². The first-order valence-corrected chi connectivity index (χ1v) is 9.26. The van der Waals surface area contributed by atoms with E-state index in [2.05, 4.69) is 47.3 Å². The third-order valence-electron chi connectivity index (χ3n) is 5.08. The molecule has 7 heteroatoms. The van der Waals surface area contributed by atoms with E-state index in [4.69, 9.17) is 4.42 Å². The fourth-order valence-electron chi connectivity index (χ4n) is 3.91. The fraction of sp³-hybridized carbons (Fsp3) is 0.632. The van der Waals surface area contributed by atoms with Crippen LogP contribution in [0.15, 0.2) is 22.8 Å². The van der Waals surface area contributed by atoms with Gasteiger partial charge in [0.25, 0.3) is 0 Å². The number of likely N-dealkylation sites (tertiary alicyclic amines) is 1. The normalized spacial score (nSPS) is 16.3. The van der Waals surface area contributed by atoms with Crippen molar-refractivity contribution in [2.75, 3.05) is 38.6 Å². The molecule has 0 spiro atoms. The number of aryl methyl sites for hydroxylation is 2.